The van der Waals surface area contributed by atoms with Crippen LogP contribution in [0.25, 0.3) is 6.08 Å². The molecular weight excluding hydrogens is 306 g/mol. The molecule has 5 heteroatoms. The molecule has 2 aromatic rings. The van der Waals surface area contributed by atoms with Crippen molar-refractivity contribution in [1.82, 2.24) is 0 Å². The third-order valence-corrected chi connectivity index (χ3v) is 3.79. The molecular formula is C19H15NO4. The van der Waals surface area contributed by atoms with Crippen LogP contribution in [0.3, 0.4) is 0 Å². The summed E-state index contributed by atoms with van der Waals surface area (Å²) in [6.07, 6.45) is 1.68. The number of carbonyl (C=O) groups excluding carboxylic acids is 1. The van der Waals surface area contributed by atoms with Crippen LogP contribution in [0.2, 0.25) is 0 Å². The van der Waals surface area contributed by atoms with Gasteiger partial charge in [-0.2, -0.15) is 0 Å². The number of cyclic esters (lactones) is 1. The summed E-state index contributed by atoms with van der Waals surface area (Å²) in [7, 11) is 0. The van der Waals surface area contributed by atoms with Gasteiger partial charge in [-0.3, -0.25) is 0 Å². The van der Waals surface area contributed by atoms with Crippen molar-refractivity contribution in [3.63, 3.8) is 0 Å². The molecule has 0 N–H and O–H groups in total. The van der Waals surface area contributed by atoms with Crippen LogP contribution in [0.4, 0.5) is 0 Å². The second kappa shape index (κ2) is 5.85. The quantitative estimate of drug-likeness (QED) is 0.630. The monoisotopic (exact) mass is 321 g/mol. The van der Waals surface area contributed by atoms with Gasteiger partial charge in [0.05, 0.1) is 0 Å². The van der Waals surface area contributed by atoms with E-state index >= 15 is 0 Å². The molecule has 0 amide bonds. The van der Waals surface area contributed by atoms with E-state index in [9.17, 15) is 4.79 Å². The van der Waals surface area contributed by atoms with Crippen LogP contribution in [-0.4, -0.2) is 25.1 Å². The third-order valence-electron chi connectivity index (χ3n) is 3.79. The fraction of sp³-hybridized carbons (Fsp3) is 0.158. The van der Waals surface area contributed by atoms with Gasteiger partial charge in [-0.25, -0.2) is 9.79 Å². The maximum absolute atomic E-state index is 12.1. The summed E-state index contributed by atoms with van der Waals surface area (Å²) in [6.45, 7) is 3.06. The van der Waals surface area contributed by atoms with Crippen molar-refractivity contribution in [2.75, 3.05) is 13.2 Å². The van der Waals surface area contributed by atoms with Gasteiger partial charge >= 0.3 is 5.97 Å². The Kier molecular flexibility index (Phi) is 3.54. The summed E-state index contributed by atoms with van der Waals surface area (Å²) < 4.78 is 16.3. The largest absolute Gasteiger partial charge is 0.486 e. The first-order valence-corrected chi connectivity index (χ1v) is 7.68. The number of nitrogens with zero attached hydrogens (tertiary/aromatic N) is 1. The predicted molar refractivity (Wildman–Crippen MR) is 89.2 cm³/mol. The van der Waals surface area contributed by atoms with E-state index in [0.717, 1.165) is 16.7 Å². The molecule has 2 heterocycles. The van der Waals surface area contributed by atoms with Crippen molar-refractivity contribution in [2.24, 2.45) is 4.99 Å². The molecule has 0 atom stereocenters. The number of hydrogen-bond donors (Lipinski definition) is 0. The number of esters is 1. The molecule has 0 radical (unpaired) electrons. The van der Waals surface area contributed by atoms with E-state index in [1.807, 2.05) is 49.4 Å². The van der Waals surface area contributed by atoms with Gasteiger partial charge < -0.3 is 14.2 Å². The molecule has 24 heavy (non-hydrogen) atoms. The standard InChI is InChI=1S/C19H15NO4/c1-12-2-5-14(6-3-12)18-20-15(19(21)24-18)10-13-4-7-16-17(11-13)23-9-8-22-16/h2-7,10-11H,8-9H2,1H3. The average molecular weight is 321 g/mol. The molecule has 5 nitrogen and oxygen atoms in total. The topological polar surface area (TPSA) is 57.1 Å². The van der Waals surface area contributed by atoms with Gasteiger partial charge in [-0.15, -0.1) is 0 Å². The van der Waals surface area contributed by atoms with Gasteiger partial charge in [0, 0.05) is 5.56 Å². The summed E-state index contributed by atoms with van der Waals surface area (Å²) >= 11 is 0. The first-order valence-electron chi connectivity index (χ1n) is 7.68. The third kappa shape index (κ3) is 2.76. The van der Waals surface area contributed by atoms with Crippen molar-refractivity contribution in [1.29, 1.82) is 0 Å². The molecule has 120 valence electrons. The zero-order valence-electron chi connectivity index (χ0n) is 13.1. The lowest BCUT2D eigenvalue weighted by Crippen LogP contribution is -2.15. The van der Waals surface area contributed by atoms with Gasteiger partial charge in [0.2, 0.25) is 5.90 Å². The Morgan fingerprint density at radius 2 is 1.75 bits per heavy atom. The highest BCUT2D eigenvalue weighted by Gasteiger charge is 2.24. The molecule has 2 aliphatic heterocycles. The van der Waals surface area contributed by atoms with Crippen LogP contribution in [0.1, 0.15) is 16.7 Å². The van der Waals surface area contributed by atoms with Gasteiger partial charge in [0.1, 0.15) is 13.2 Å². The normalized spacial score (nSPS) is 17.6. The van der Waals surface area contributed by atoms with E-state index in [4.69, 9.17) is 14.2 Å². The number of benzene rings is 2. The SMILES string of the molecule is Cc1ccc(C2=NC(=Cc3ccc4c(c3)OCCO4)C(=O)O2)cc1. The van der Waals surface area contributed by atoms with Crippen molar-refractivity contribution in [2.45, 2.75) is 6.92 Å². The zero-order chi connectivity index (χ0) is 16.5. The van der Waals surface area contributed by atoms with Crippen molar-refractivity contribution < 1.29 is 19.0 Å². The summed E-state index contributed by atoms with van der Waals surface area (Å²) in [5, 5.41) is 0. The van der Waals surface area contributed by atoms with Gasteiger partial charge in [0.25, 0.3) is 0 Å². The Hall–Kier alpha value is -3.08. The second-order valence-corrected chi connectivity index (χ2v) is 5.61. The second-order valence-electron chi connectivity index (χ2n) is 5.61. The first-order chi connectivity index (χ1) is 11.7. The number of rotatable bonds is 2. The van der Waals surface area contributed by atoms with Crippen LogP contribution in [0.15, 0.2) is 53.2 Å². The summed E-state index contributed by atoms with van der Waals surface area (Å²) in [4.78, 5) is 16.4. The maximum atomic E-state index is 12.1. The summed E-state index contributed by atoms with van der Waals surface area (Å²) in [6, 6.07) is 13.2. The molecule has 0 saturated heterocycles. The summed E-state index contributed by atoms with van der Waals surface area (Å²) in [5.74, 6) is 1.25. The molecule has 0 unspecified atom stereocenters. The number of carbonyl (C=O) groups is 1. The van der Waals surface area contributed by atoms with Crippen LogP contribution in [-0.2, 0) is 9.53 Å². The van der Waals surface area contributed by atoms with Crippen LogP contribution < -0.4 is 9.47 Å². The molecule has 4 rings (SSSR count). The Bertz CT molecular complexity index is 865. The zero-order valence-corrected chi connectivity index (χ0v) is 13.1. The highest BCUT2D eigenvalue weighted by atomic mass is 16.6. The van der Waals surface area contributed by atoms with Crippen LogP contribution >= 0.6 is 0 Å². The minimum absolute atomic E-state index is 0.266. The molecule has 0 aliphatic carbocycles. The van der Waals surface area contributed by atoms with E-state index in [2.05, 4.69) is 4.99 Å². The molecule has 0 aromatic heterocycles. The number of fused-ring (bicyclic) bond motifs is 1. The minimum Gasteiger partial charge on any atom is -0.486 e. The molecule has 0 fully saturated rings. The van der Waals surface area contributed by atoms with Crippen molar-refractivity contribution in [3.05, 3.63) is 64.9 Å². The molecule has 0 spiro atoms. The average Bonchev–Trinajstić information content (AvgIpc) is 2.96. The van der Waals surface area contributed by atoms with Crippen molar-refractivity contribution >= 4 is 17.9 Å². The molecule has 2 aromatic carbocycles. The highest BCUT2D eigenvalue weighted by Crippen LogP contribution is 2.32. The smallest absolute Gasteiger partial charge is 0.363 e. The number of aryl methyl sites for hydroxylation is 1. The number of ether oxygens (including phenoxy) is 3. The van der Waals surface area contributed by atoms with Gasteiger partial charge in [-0.1, -0.05) is 23.8 Å². The Labute approximate surface area is 139 Å². The lowest BCUT2D eigenvalue weighted by Gasteiger charge is -2.18. The number of hydrogen-bond acceptors (Lipinski definition) is 5. The minimum atomic E-state index is -0.458. The lowest BCUT2D eigenvalue weighted by molar-refractivity contribution is -0.129. The predicted octanol–water partition coefficient (Wildman–Crippen LogP) is 3.11. The van der Waals surface area contributed by atoms with E-state index in [0.29, 0.717) is 30.6 Å². The first kappa shape index (κ1) is 14.5. The Morgan fingerprint density at radius 3 is 2.54 bits per heavy atom. The van der Waals surface area contributed by atoms with Crippen LogP contribution in [0, 0.1) is 6.92 Å². The highest BCUT2D eigenvalue weighted by molar-refractivity contribution is 6.12. The fourth-order valence-corrected chi connectivity index (χ4v) is 2.54. The molecule has 2 aliphatic rings. The lowest BCUT2D eigenvalue weighted by atomic mass is 10.1. The van der Waals surface area contributed by atoms with E-state index < -0.39 is 5.97 Å². The molecule has 0 saturated carbocycles. The van der Waals surface area contributed by atoms with Gasteiger partial charge in [0.15, 0.2) is 17.2 Å². The Balaban J connectivity index is 1.64. The fourth-order valence-electron chi connectivity index (χ4n) is 2.54. The molecule has 0 bridgehead atoms. The van der Waals surface area contributed by atoms with Crippen LogP contribution in [0.5, 0.6) is 11.5 Å². The maximum Gasteiger partial charge on any atom is 0.363 e. The van der Waals surface area contributed by atoms with Gasteiger partial charge in [-0.05, 0) is 42.8 Å². The summed E-state index contributed by atoms with van der Waals surface area (Å²) in [5.41, 5.74) is 2.98. The Morgan fingerprint density at radius 1 is 1.00 bits per heavy atom. The van der Waals surface area contributed by atoms with E-state index in [1.54, 1.807) is 6.08 Å². The number of aliphatic imine (C=N–C) groups is 1. The van der Waals surface area contributed by atoms with E-state index in [-0.39, 0.29) is 5.70 Å². The van der Waals surface area contributed by atoms with E-state index in [1.165, 1.54) is 0 Å². The van der Waals surface area contributed by atoms with Crippen molar-refractivity contribution in [3.8, 4) is 11.5 Å².